The maximum Gasteiger partial charge on any atom is 0.0717 e. The highest BCUT2D eigenvalue weighted by Crippen LogP contribution is 2.15. The van der Waals surface area contributed by atoms with Gasteiger partial charge in [-0.15, -0.1) is 12.4 Å². The minimum Gasteiger partial charge on any atom is -0.377 e. The first-order valence-electron chi connectivity index (χ1n) is 6.37. The van der Waals surface area contributed by atoms with Gasteiger partial charge in [0.2, 0.25) is 0 Å². The van der Waals surface area contributed by atoms with Crippen LogP contribution in [0.3, 0.4) is 0 Å². The van der Waals surface area contributed by atoms with Gasteiger partial charge in [-0.05, 0) is 56.0 Å². The third-order valence-electron chi connectivity index (χ3n) is 3.23. The second kappa shape index (κ2) is 8.76. The number of hydrogen-bond acceptors (Lipinski definition) is 2. The molecule has 0 radical (unpaired) electrons. The Morgan fingerprint density at radius 1 is 1.39 bits per heavy atom. The Hall–Kier alpha value is -0.280. The van der Waals surface area contributed by atoms with Crippen LogP contribution in [0.4, 0.5) is 0 Å². The number of halogens is 2. The fourth-order valence-corrected chi connectivity index (χ4v) is 2.45. The SMILES string of the molecule is Cl.Clc1cccc(COCCC2CCCNC2)c1. The van der Waals surface area contributed by atoms with Crippen molar-refractivity contribution in [2.75, 3.05) is 19.7 Å². The van der Waals surface area contributed by atoms with Gasteiger partial charge in [0.25, 0.3) is 0 Å². The van der Waals surface area contributed by atoms with Crippen molar-refractivity contribution < 1.29 is 4.74 Å². The predicted octanol–water partition coefficient (Wildman–Crippen LogP) is 3.67. The van der Waals surface area contributed by atoms with Crippen LogP contribution in [-0.4, -0.2) is 19.7 Å². The third kappa shape index (κ3) is 5.57. The molecule has 0 aromatic heterocycles. The Kier molecular flexibility index (Phi) is 7.68. The van der Waals surface area contributed by atoms with E-state index < -0.39 is 0 Å². The van der Waals surface area contributed by atoms with E-state index in [1.54, 1.807) is 0 Å². The van der Waals surface area contributed by atoms with Gasteiger partial charge in [-0.25, -0.2) is 0 Å². The topological polar surface area (TPSA) is 21.3 Å². The molecule has 1 aromatic carbocycles. The van der Waals surface area contributed by atoms with Crippen molar-refractivity contribution >= 4 is 24.0 Å². The Balaban J connectivity index is 0.00000162. The van der Waals surface area contributed by atoms with Crippen molar-refractivity contribution in [3.05, 3.63) is 34.9 Å². The quantitative estimate of drug-likeness (QED) is 0.835. The lowest BCUT2D eigenvalue weighted by Crippen LogP contribution is -2.30. The number of benzene rings is 1. The standard InChI is InChI=1S/C14H20ClNO.ClH/c15-14-5-1-3-13(9-14)11-17-8-6-12-4-2-7-16-10-12;/h1,3,5,9,12,16H,2,4,6-8,10-11H2;1H. The first-order valence-corrected chi connectivity index (χ1v) is 6.75. The summed E-state index contributed by atoms with van der Waals surface area (Å²) < 4.78 is 5.69. The maximum absolute atomic E-state index is 5.92. The molecule has 0 bridgehead atoms. The van der Waals surface area contributed by atoms with Crippen molar-refractivity contribution in [2.45, 2.75) is 25.9 Å². The van der Waals surface area contributed by atoms with Gasteiger partial charge >= 0.3 is 0 Å². The second-order valence-electron chi connectivity index (χ2n) is 4.68. The van der Waals surface area contributed by atoms with Gasteiger partial charge in [-0.3, -0.25) is 0 Å². The van der Waals surface area contributed by atoms with Crippen LogP contribution in [0.1, 0.15) is 24.8 Å². The zero-order valence-electron chi connectivity index (χ0n) is 10.5. The molecule has 1 aromatic rings. The normalized spacial score (nSPS) is 19.3. The van der Waals surface area contributed by atoms with Crippen molar-refractivity contribution in [3.63, 3.8) is 0 Å². The predicted molar refractivity (Wildman–Crippen MR) is 78.6 cm³/mol. The summed E-state index contributed by atoms with van der Waals surface area (Å²) in [5.41, 5.74) is 1.15. The minimum absolute atomic E-state index is 0. The average molecular weight is 290 g/mol. The number of ether oxygens (including phenoxy) is 1. The molecule has 1 fully saturated rings. The lowest BCUT2D eigenvalue weighted by Gasteiger charge is -2.22. The molecule has 1 aliphatic rings. The molecule has 18 heavy (non-hydrogen) atoms. The molecular weight excluding hydrogens is 269 g/mol. The van der Waals surface area contributed by atoms with E-state index in [1.165, 1.54) is 19.4 Å². The van der Waals surface area contributed by atoms with Crippen molar-refractivity contribution in [3.8, 4) is 0 Å². The zero-order chi connectivity index (χ0) is 11.9. The van der Waals surface area contributed by atoms with Crippen LogP contribution < -0.4 is 5.32 Å². The Morgan fingerprint density at radius 3 is 3.00 bits per heavy atom. The fraction of sp³-hybridized carbons (Fsp3) is 0.571. The highest BCUT2D eigenvalue weighted by atomic mass is 35.5. The maximum atomic E-state index is 5.92. The van der Waals surface area contributed by atoms with Crippen molar-refractivity contribution in [2.24, 2.45) is 5.92 Å². The van der Waals surface area contributed by atoms with E-state index in [0.29, 0.717) is 6.61 Å². The molecule has 2 nitrogen and oxygen atoms in total. The van der Waals surface area contributed by atoms with Crippen LogP contribution >= 0.6 is 24.0 Å². The lowest BCUT2D eigenvalue weighted by molar-refractivity contribution is 0.103. The highest BCUT2D eigenvalue weighted by molar-refractivity contribution is 6.30. The fourth-order valence-electron chi connectivity index (χ4n) is 2.24. The molecule has 0 spiro atoms. The Bertz CT molecular complexity index is 340. The van der Waals surface area contributed by atoms with Crippen LogP contribution in [0.15, 0.2) is 24.3 Å². The summed E-state index contributed by atoms with van der Waals surface area (Å²) in [7, 11) is 0. The third-order valence-corrected chi connectivity index (χ3v) is 3.46. The van der Waals surface area contributed by atoms with E-state index in [-0.39, 0.29) is 12.4 Å². The van der Waals surface area contributed by atoms with E-state index in [2.05, 4.69) is 5.32 Å². The van der Waals surface area contributed by atoms with E-state index in [0.717, 1.165) is 36.1 Å². The van der Waals surface area contributed by atoms with Gasteiger partial charge in [0.15, 0.2) is 0 Å². The summed E-state index contributed by atoms with van der Waals surface area (Å²) in [6.45, 7) is 3.85. The van der Waals surface area contributed by atoms with Crippen molar-refractivity contribution in [1.29, 1.82) is 0 Å². The van der Waals surface area contributed by atoms with Gasteiger partial charge in [0.1, 0.15) is 0 Å². The van der Waals surface area contributed by atoms with Crippen LogP contribution in [0.5, 0.6) is 0 Å². The van der Waals surface area contributed by atoms with E-state index in [9.17, 15) is 0 Å². The molecule has 0 saturated carbocycles. The molecule has 1 unspecified atom stereocenters. The number of hydrogen-bond donors (Lipinski definition) is 1. The number of piperidine rings is 1. The van der Waals surface area contributed by atoms with Gasteiger partial charge in [-0.2, -0.15) is 0 Å². The molecule has 1 saturated heterocycles. The number of nitrogens with one attached hydrogen (secondary N) is 1. The lowest BCUT2D eigenvalue weighted by atomic mass is 9.97. The minimum atomic E-state index is 0. The van der Waals surface area contributed by atoms with Gasteiger partial charge in [-0.1, -0.05) is 23.7 Å². The molecule has 1 heterocycles. The van der Waals surface area contributed by atoms with Gasteiger partial charge < -0.3 is 10.1 Å². The molecule has 1 N–H and O–H groups in total. The summed E-state index contributed by atoms with van der Waals surface area (Å²) in [5.74, 6) is 0.795. The second-order valence-corrected chi connectivity index (χ2v) is 5.12. The summed E-state index contributed by atoms with van der Waals surface area (Å²) in [4.78, 5) is 0. The molecule has 0 aliphatic carbocycles. The van der Waals surface area contributed by atoms with E-state index in [1.807, 2.05) is 24.3 Å². The van der Waals surface area contributed by atoms with Crippen molar-refractivity contribution in [1.82, 2.24) is 5.32 Å². The molecular formula is C14H21Cl2NO. The highest BCUT2D eigenvalue weighted by Gasteiger charge is 2.12. The van der Waals surface area contributed by atoms with Crippen LogP contribution in [0, 0.1) is 5.92 Å². The Morgan fingerprint density at radius 2 is 2.28 bits per heavy atom. The summed E-state index contributed by atoms with van der Waals surface area (Å²) in [6.07, 6.45) is 3.81. The van der Waals surface area contributed by atoms with Gasteiger partial charge in [0.05, 0.1) is 6.61 Å². The molecule has 102 valence electrons. The first-order chi connectivity index (χ1) is 8.34. The van der Waals surface area contributed by atoms with Gasteiger partial charge in [0, 0.05) is 11.6 Å². The summed E-state index contributed by atoms with van der Waals surface area (Å²) >= 11 is 5.92. The van der Waals surface area contributed by atoms with E-state index in [4.69, 9.17) is 16.3 Å². The largest absolute Gasteiger partial charge is 0.377 e. The summed E-state index contributed by atoms with van der Waals surface area (Å²) in [5, 5.41) is 4.21. The zero-order valence-corrected chi connectivity index (χ0v) is 12.1. The van der Waals surface area contributed by atoms with Crippen LogP contribution in [0.2, 0.25) is 5.02 Å². The Labute approximate surface area is 120 Å². The molecule has 0 amide bonds. The molecule has 4 heteroatoms. The first kappa shape index (κ1) is 15.8. The van der Waals surface area contributed by atoms with E-state index >= 15 is 0 Å². The summed E-state index contributed by atoms with van der Waals surface area (Å²) in [6, 6.07) is 7.86. The van der Waals surface area contributed by atoms with Crippen LogP contribution in [0.25, 0.3) is 0 Å². The molecule has 1 aliphatic heterocycles. The number of rotatable bonds is 5. The average Bonchev–Trinajstić information content (AvgIpc) is 2.36. The molecule has 2 rings (SSSR count). The monoisotopic (exact) mass is 289 g/mol. The smallest absolute Gasteiger partial charge is 0.0717 e. The van der Waals surface area contributed by atoms with Crippen LogP contribution in [-0.2, 0) is 11.3 Å². The molecule has 1 atom stereocenters.